The number of ether oxygens (including phenoxy) is 1. The predicted octanol–water partition coefficient (Wildman–Crippen LogP) is 6.98. The Morgan fingerprint density at radius 3 is 2.00 bits per heavy atom. The Hall–Kier alpha value is -3.27. The Morgan fingerprint density at radius 2 is 1.31 bits per heavy atom. The second-order valence-electron chi connectivity index (χ2n) is 9.53. The average Bonchev–Trinajstić information content (AvgIpc) is 2.74. The van der Waals surface area contributed by atoms with Crippen molar-refractivity contribution < 1.29 is 19.3 Å². The van der Waals surface area contributed by atoms with E-state index >= 15 is 0 Å². The summed E-state index contributed by atoms with van der Waals surface area (Å²) in [6.07, 6.45) is 0.630. The largest absolute Gasteiger partial charge is 0.422 e. The first-order chi connectivity index (χ1) is 15.1. The van der Waals surface area contributed by atoms with Crippen LogP contribution in [0.5, 0.6) is 17.2 Å². The molecule has 0 bridgehead atoms. The van der Waals surface area contributed by atoms with Gasteiger partial charge < -0.3 is 4.74 Å². The molecule has 0 spiro atoms. The van der Waals surface area contributed by atoms with E-state index < -0.39 is 5.41 Å². The van der Waals surface area contributed by atoms with Gasteiger partial charge in [-0.2, -0.15) is 0 Å². The number of benzene rings is 3. The van der Waals surface area contributed by atoms with Gasteiger partial charge in [-0.3, -0.25) is 14.6 Å². The van der Waals surface area contributed by atoms with Crippen molar-refractivity contribution in [2.45, 2.75) is 53.4 Å². The fourth-order valence-electron chi connectivity index (χ4n) is 3.96. The van der Waals surface area contributed by atoms with Crippen molar-refractivity contribution >= 4 is 5.97 Å². The fourth-order valence-corrected chi connectivity index (χ4v) is 3.96. The first-order valence-corrected chi connectivity index (χ1v) is 10.9. The number of hydrogen-bond acceptors (Lipinski definition) is 4. The molecule has 0 N–H and O–H groups in total. The topological polar surface area (TPSA) is 44.8 Å². The zero-order valence-electron chi connectivity index (χ0n) is 19.8. The molecule has 0 radical (unpaired) electrons. The maximum absolute atomic E-state index is 13.2. The van der Waals surface area contributed by atoms with Crippen LogP contribution in [0.1, 0.15) is 50.8 Å². The van der Waals surface area contributed by atoms with Crippen molar-refractivity contribution in [2.24, 2.45) is 5.41 Å². The lowest BCUT2D eigenvalue weighted by Gasteiger charge is -2.33. The molecular formula is C28H32O4. The van der Waals surface area contributed by atoms with Crippen LogP contribution in [-0.2, 0) is 10.2 Å². The Bertz CT molecular complexity index is 1070. The Balaban J connectivity index is 1.77. The predicted molar refractivity (Wildman–Crippen MR) is 127 cm³/mol. The van der Waals surface area contributed by atoms with Crippen LogP contribution in [0.3, 0.4) is 0 Å². The highest BCUT2D eigenvalue weighted by molar-refractivity contribution is 5.79. The van der Waals surface area contributed by atoms with Gasteiger partial charge in [0, 0.05) is 5.56 Å². The molecule has 0 aliphatic rings. The molecule has 0 fully saturated rings. The Kier molecular flexibility index (Phi) is 6.93. The Morgan fingerprint density at radius 1 is 0.719 bits per heavy atom. The molecule has 4 heteroatoms. The van der Waals surface area contributed by atoms with Crippen molar-refractivity contribution in [3.63, 3.8) is 0 Å². The molecule has 3 aromatic rings. The van der Waals surface area contributed by atoms with Crippen LogP contribution in [0.25, 0.3) is 0 Å². The summed E-state index contributed by atoms with van der Waals surface area (Å²) in [4.78, 5) is 24.4. The van der Waals surface area contributed by atoms with Crippen molar-refractivity contribution in [3.8, 4) is 17.2 Å². The van der Waals surface area contributed by atoms with E-state index in [0.717, 1.165) is 11.1 Å². The van der Waals surface area contributed by atoms with E-state index in [9.17, 15) is 4.79 Å². The molecule has 0 atom stereocenters. The van der Waals surface area contributed by atoms with Crippen molar-refractivity contribution in [1.82, 2.24) is 0 Å². The Labute approximate surface area is 191 Å². The van der Waals surface area contributed by atoms with Gasteiger partial charge in [0.15, 0.2) is 11.5 Å². The number of para-hydroxylation sites is 2. The van der Waals surface area contributed by atoms with Crippen LogP contribution in [0, 0.1) is 19.3 Å². The molecule has 4 nitrogen and oxygen atoms in total. The minimum absolute atomic E-state index is 0.191. The summed E-state index contributed by atoms with van der Waals surface area (Å²) in [5, 5.41) is 0. The number of aryl methyl sites for hydroxylation is 2. The van der Waals surface area contributed by atoms with Gasteiger partial charge in [-0.1, -0.05) is 74.5 Å². The molecule has 0 saturated carbocycles. The van der Waals surface area contributed by atoms with Gasteiger partial charge in [-0.15, -0.1) is 0 Å². The van der Waals surface area contributed by atoms with Gasteiger partial charge in [0.25, 0.3) is 0 Å². The molecule has 0 heterocycles. The van der Waals surface area contributed by atoms with E-state index in [1.54, 1.807) is 6.07 Å². The summed E-state index contributed by atoms with van der Waals surface area (Å²) in [5.74, 6) is 1.03. The number of carbonyl (C=O) groups is 1. The monoisotopic (exact) mass is 432 g/mol. The second-order valence-corrected chi connectivity index (χ2v) is 9.53. The molecule has 3 rings (SSSR count). The van der Waals surface area contributed by atoms with Gasteiger partial charge >= 0.3 is 5.97 Å². The maximum atomic E-state index is 13.2. The summed E-state index contributed by atoms with van der Waals surface area (Å²) in [6.45, 7) is 12.0. The van der Waals surface area contributed by atoms with Crippen molar-refractivity contribution in [1.29, 1.82) is 0 Å². The summed E-state index contributed by atoms with van der Waals surface area (Å²) in [7, 11) is 0. The van der Waals surface area contributed by atoms with Gasteiger partial charge in [-0.05, 0) is 62.8 Å². The summed E-state index contributed by atoms with van der Waals surface area (Å²) >= 11 is 0. The summed E-state index contributed by atoms with van der Waals surface area (Å²) in [6, 6.07) is 23.2. The van der Waals surface area contributed by atoms with Gasteiger partial charge in [0.2, 0.25) is 5.75 Å². The van der Waals surface area contributed by atoms with Crippen LogP contribution in [0.15, 0.2) is 72.8 Å². The van der Waals surface area contributed by atoms with E-state index in [0.29, 0.717) is 23.7 Å². The number of rotatable bonds is 8. The van der Waals surface area contributed by atoms with Crippen LogP contribution in [-0.4, -0.2) is 5.97 Å². The van der Waals surface area contributed by atoms with Crippen LogP contribution in [0.4, 0.5) is 0 Å². The van der Waals surface area contributed by atoms with Gasteiger partial charge in [0.05, 0.1) is 5.41 Å². The minimum atomic E-state index is -0.711. The maximum Gasteiger partial charge on any atom is 0.317 e. The number of hydrogen-bond donors (Lipinski definition) is 0. The molecule has 0 unspecified atom stereocenters. The van der Waals surface area contributed by atoms with E-state index in [1.165, 1.54) is 5.56 Å². The van der Waals surface area contributed by atoms with E-state index in [2.05, 4.69) is 26.0 Å². The van der Waals surface area contributed by atoms with Gasteiger partial charge in [0.1, 0.15) is 0 Å². The molecule has 0 aliphatic heterocycles. The van der Waals surface area contributed by atoms with Crippen LogP contribution < -0.4 is 14.5 Å². The molecular weight excluding hydrogens is 400 g/mol. The van der Waals surface area contributed by atoms with E-state index in [-0.39, 0.29) is 11.4 Å². The third-order valence-electron chi connectivity index (χ3n) is 5.68. The normalized spacial score (nSPS) is 11.7. The van der Waals surface area contributed by atoms with E-state index in [4.69, 9.17) is 14.5 Å². The zero-order chi connectivity index (χ0) is 23.4. The number of carbonyl (C=O) groups excluding carboxylic acids is 1. The highest BCUT2D eigenvalue weighted by atomic mass is 17.2. The first-order valence-electron chi connectivity index (χ1n) is 10.9. The quantitative estimate of drug-likeness (QED) is 0.167. The second kappa shape index (κ2) is 9.47. The lowest BCUT2D eigenvalue weighted by Crippen LogP contribution is -2.35. The lowest BCUT2D eigenvalue weighted by atomic mass is 9.71. The third-order valence-corrected chi connectivity index (χ3v) is 5.68. The van der Waals surface area contributed by atoms with E-state index in [1.807, 2.05) is 82.3 Å². The molecule has 0 aromatic heterocycles. The van der Waals surface area contributed by atoms with Gasteiger partial charge in [-0.25, -0.2) is 0 Å². The average molecular weight is 433 g/mol. The van der Waals surface area contributed by atoms with Crippen LogP contribution >= 0.6 is 0 Å². The third kappa shape index (κ3) is 5.50. The summed E-state index contributed by atoms with van der Waals surface area (Å²) < 4.78 is 5.85. The molecule has 32 heavy (non-hydrogen) atoms. The van der Waals surface area contributed by atoms with Crippen molar-refractivity contribution in [3.05, 3.63) is 89.5 Å². The first kappa shape index (κ1) is 23.4. The molecule has 168 valence electrons. The smallest absolute Gasteiger partial charge is 0.317 e. The lowest BCUT2D eigenvalue weighted by molar-refractivity contribution is -0.146. The molecule has 0 saturated heterocycles. The number of esters is 1. The highest BCUT2D eigenvalue weighted by Gasteiger charge is 2.37. The minimum Gasteiger partial charge on any atom is -0.422 e. The van der Waals surface area contributed by atoms with Crippen LogP contribution in [0.2, 0.25) is 0 Å². The zero-order valence-corrected chi connectivity index (χ0v) is 19.8. The molecule has 0 amide bonds. The summed E-state index contributed by atoms with van der Waals surface area (Å²) in [5.41, 5.74) is 2.04. The highest BCUT2D eigenvalue weighted by Crippen LogP contribution is 2.39. The molecule has 0 aliphatic carbocycles. The molecule has 3 aromatic carbocycles. The van der Waals surface area contributed by atoms with Crippen molar-refractivity contribution in [2.75, 3.05) is 0 Å². The standard InChI is InChI=1S/C28H32O4/c1-20-13-10-11-17-23(20)31-32-25-21(2)14-12-18-24(25)30-26(29)28(5,6)19-27(3,4)22-15-8-7-9-16-22/h7-18H,19H2,1-6H3. The fraction of sp³-hybridized carbons (Fsp3) is 0.321. The SMILES string of the molecule is Cc1ccccc1OOc1c(C)cccc1OC(=O)C(C)(C)CC(C)(C)c1ccccc1.